The fourth-order valence-electron chi connectivity index (χ4n) is 3.13. The van der Waals surface area contributed by atoms with Crippen molar-refractivity contribution in [1.29, 1.82) is 0 Å². The van der Waals surface area contributed by atoms with Gasteiger partial charge in [-0.25, -0.2) is 0 Å². The molecule has 0 aliphatic carbocycles. The van der Waals surface area contributed by atoms with Gasteiger partial charge < -0.3 is 4.90 Å². The van der Waals surface area contributed by atoms with E-state index in [1.54, 1.807) is 11.0 Å². The first-order chi connectivity index (χ1) is 11.2. The molecule has 0 saturated carbocycles. The monoisotopic (exact) mass is 349 g/mol. The van der Waals surface area contributed by atoms with Crippen LogP contribution in [0.1, 0.15) is 35.7 Å². The van der Waals surface area contributed by atoms with Gasteiger partial charge in [-0.15, -0.1) is 0 Å². The van der Waals surface area contributed by atoms with Gasteiger partial charge in [-0.3, -0.25) is 18.8 Å². The van der Waals surface area contributed by atoms with Crippen LogP contribution in [0, 0.1) is 13.8 Å². The molecule has 0 aromatic carbocycles. The number of nitrogens with zero attached hydrogens (tertiary/aromatic N) is 4. The van der Waals surface area contributed by atoms with Crippen molar-refractivity contribution in [3.05, 3.63) is 23.1 Å². The highest BCUT2D eigenvalue weighted by Gasteiger charge is 2.36. The van der Waals surface area contributed by atoms with E-state index in [1.165, 1.54) is 0 Å². The Labute approximate surface area is 143 Å². The maximum atomic E-state index is 12.7. The lowest BCUT2D eigenvalue weighted by molar-refractivity contribution is 0.0740. The number of amides is 1. The molecule has 1 amide bonds. The number of H-pyrrole nitrogens is 1. The van der Waals surface area contributed by atoms with Crippen molar-refractivity contribution >= 4 is 16.7 Å². The van der Waals surface area contributed by atoms with E-state index in [9.17, 15) is 9.00 Å². The molecule has 0 spiro atoms. The summed E-state index contributed by atoms with van der Waals surface area (Å²) in [7, 11) is 0.987. The molecule has 0 bridgehead atoms. The predicted octanol–water partition coefficient (Wildman–Crippen LogP) is 1.41. The summed E-state index contributed by atoms with van der Waals surface area (Å²) in [5, 5.41) is 11.5. The van der Waals surface area contributed by atoms with Crippen LogP contribution in [-0.4, -0.2) is 58.6 Å². The summed E-state index contributed by atoms with van der Waals surface area (Å²) in [5.74, 6) is 0.415. The highest BCUT2D eigenvalue weighted by Crippen LogP contribution is 2.26. The molecule has 8 heteroatoms. The molecule has 1 unspecified atom stereocenters. The Morgan fingerprint density at radius 3 is 2.67 bits per heavy atom. The van der Waals surface area contributed by atoms with E-state index in [0.29, 0.717) is 24.5 Å². The van der Waals surface area contributed by atoms with Crippen LogP contribution in [0.4, 0.5) is 0 Å². The SMILES string of the molecule is Cc1nn(C)c(C)c1-c1cc(C(=O)N2CCS(=O)C(C)(C)C2)[nH]n1. The molecule has 2 aromatic rings. The largest absolute Gasteiger partial charge is 0.335 e. The maximum absolute atomic E-state index is 12.7. The minimum absolute atomic E-state index is 0.0993. The molecule has 1 atom stereocenters. The first kappa shape index (κ1) is 16.9. The van der Waals surface area contributed by atoms with Crippen LogP contribution in [0.5, 0.6) is 0 Å². The van der Waals surface area contributed by atoms with Crippen LogP contribution in [0.15, 0.2) is 6.07 Å². The average Bonchev–Trinajstić information content (AvgIpc) is 3.07. The van der Waals surface area contributed by atoms with Crippen molar-refractivity contribution < 1.29 is 9.00 Å². The van der Waals surface area contributed by atoms with E-state index >= 15 is 0 Å². The second-order valence-electron chi connectivity index (χ2n) is 6.87. The van der Waals surface area contributed by atoms with Crippen LogP contribution in [-0.2, 0) is 17.8 Å². The lowest BCUT2D eigenvalue weighted by atomic mass is 10.1. The third kappa shape index (κ3) is 2.79. The van der Waals surface area contributed by atoms with Crippen molar-refractivity contribution in [2.45, 2.75) is 32.4 Å². The zero-order valence-electron chi connectivity index (χ0n) is 14.7. The number of carbonyl (C=O) groups is 1. The number of rotatable bonds is 2. The van der Waals surface area contributed by atoms with Gasteiger partial charge in [-0.1, -0.05) is 0 Å². The molecule has 130 valence electrons. The van der Waals surface area contributed by atoms with Gasteiger partial charge in [0.15, 0.2) is 0 Å². The normalized spacial score (nSPS) is 20.4. The second kappa shape index (κ2) is 5.84. The number of hydrogen-bond donors (Lipinski definition) is 1. The molecule has 2 aromatic heterocycles. The summed E-state index contributed by atoms with van der Waals surface area (Å²) in [6, 6.07) is 1.78. The van der Waals surface area contributed by atoms with Gasteiger partial charge >= 0.3 is 0 Å². The number of carbonyl (C=O) groups excluding carboxylic acids is 1. The standard InChI is InChI=1S/C16H23N5O2S/c1-10-14(11(2)20(5)19-10)12-8-13(18-17-12)15(22)21-6-7-24(23)16(3,4)9-21/h8H,6-7,9H2,1-5H3,(H,17,18). The van der Waals surface area contributed by atoms with E-state index < -0.39 is 10.8 Å². The Balaban J connectivity index is 1.86. The zero-order valence-corrected chi connectivity index (χ0v) is 15.5. The summed E-state index contributed by atoms with van der Waals surface area (Å²) >= 11 is 0. The van der Waals surface area contributed by atoms with E-state index in [4.69, 9.17) is 0 Å². The van der Waals surface area contributed by atoms with Gasteiger partial charge in [0.2, 0.25) is 0 Å². The van der Waals surface area contributed by atoms with E-state index in [2.05, 4.69) is 15.3 Å². The molecule has 24 heavy (non-hydrogen) atoms. The minimum Gasteiger partial charge on any atom is -0.335 e. The van der Waals surface area contributed by atoms with E-state index in [0.717, 1.165) is 22.6 Å². The first-order valence-corrected chi connectivity index (χ1v) is 9.26. The van der Waals surface area contributed by atoms with E-state index in [-0.39, 0.29) is 10.7 Å². The third-order valence-electron chi connectivity index (χ3n) is 4.60. The summed E-state index contributed by atoms with van der Waals surface area (Å²) in [6.45, 7) is 8.77. The van der Waals surface area contributed by atoms with Gasteiger partial charge in [-0.2, -0.15) is 10.2 Å². The highest BCUT2D eigenvalue weighted by molar-refractivity contribution is 7.86. The Kier molecular flexibility index (Phi) is 4.11. The predicted molar refractivity (Wildman–Crippen MR) is 93.3 cm³/mol. The molecular weight excluding hydrogens is 326 g/mol. The first-order valence-electron chi connectivity index (χ1n) is 7.94. The molecule has 1 saturated heterocycles. The average molecular weight is 349 g/mol. The molecule has 7 nitrogen and oxygen atoms in total. The summed E-state index contributed by atoms with van der Waals surface area (Å²) < 4.78 is 13.5. The van der Waals surface area contributed by atoms with E-state index in [1.807, 2.05) is 39.4 Å². The van der Waals surface area contributed by atoms with Crippen molar-refractivity contribution in [3.8, 4) is 11.3 Å². The van der Waals surface area contributed by atoms with Crippen LogP contribution in [0.3, 0.4) is 0 Å². The number of aryl methyl sites for hydroxylation is 2. The molecule has 3 heterocycles. The second-order valence-corrected chi connectivity index (χ2v) is 9.08. The van der Waals surface area contributed by atoms with Gasteiger partial charge in [-0.05, 0) is 33.8 Å². The summed E-state index contributed by atoms with van der Waals surface area (Å²) in [6.07, 6.45) is 0. The number of aromatic nitrogens is 4. The van der Waals surface area contributed by atoms with Gasteiger partial charge in [0.25, 0.3) is 5.91 Å². The summed E-state index contributed by atoms with van der Waals surface area (Å²) in [4.78, 5) is 14.5. The lowest BCUT2D eigenvalue weighted by Crippen LogP contribution is -2.52. The summed E-state index contributed by atoms with van der Waals surface area (Å²) in [5.41, 5.74) is 4.02. The fraction of sp³-hybridized carbons (Fsp3) is 0.562. The number of nitrogens with one attached hydrogen (secondary N) is 1. The Morgan fingerprint density at radius 2 is 2.08 bits per heavy atom. The van der Waals surface area contributed by atoms with Crippen LogP contribution >= 0.6 is 0 Å². The Morgan fingerprint density at radius 1 is 1.38 bits per heavy atom. The third-order valence-corrected chi connectivity index (χ3v) is 6.51. The topological polar surface area (TPSA) is 83.9 Å². The smallest absolute Gasteiger partial charge is 0.271 e. The van der Waals surface area contributed by atoms with Crippen molar-refractivity contribution in [3.63, 3.8) is 0 Å². The lowest BCUT2D eigenvalue weighted by Gasteiger charge is -2.36. The molecular formula is C16H23N5O2S. The number of hydrogen-bond acceptors (Lipinski definition) is 4. The molecule has 1 aliphatic heterocycles. The van der Waals surface area contributed by atoms with Crippen LogP contribution in [0.2, 0.25) is 0 Å². The van der Waals surface area contributed by atoms with Crippen molar-refractivity contribution in [2.75, 3.05) is 18.8 Å². The molecule has 3 rings (SSSR count). The Bertz CT molecular complexity index is 821. The highest BCUT2D eigenvalue weighted by atomic mass is 32.2. The maximum Gasteiger partial charge on any atom is 0.271 e. The quantitative estimate of drug-likeness (QED) is 0.888. The fourth-order valence-corrected chi connectivity index (χ4v) is 4.37. The zero-order chi connectivity index (χ0) is 17.6. The van der Waals surface area contributed by atoms with Crippen molar-refractivity contribution in [2.24, 2.45) is 7.05 Å². The van der Waals surface area contributed by atoms with Crippen LogP contribution < -0.4 is 0 Å². The molecule has 1 aliphatic rings. The van der Waals surface area contributed by atoms with Crippen molar-refractivity contribution in [1.82, 2.24) is 24.9 Å². The van der Waals surface area contributed by atoms with Gasteiger partial charge in [0, 0.05) is 47.9 Å². The minimum atomic E-state index is -0.903. The van der Waals surface area contributed by atoms with Gasteiger partial charge in [0.05, 0.1) is 16.1 Å². The van der Waals surface area contributed by atoms with Gasteiger partial charge in [0.1, 0.15) is 5.69 Å². The Hall–Kier alpha value is -1.96. The molecule has 0 radical (unpaired) electrons. The molecule has 1 fully saturated rings. The van der Waals surface area contributed by atoms with Crippen LogP contribution in [0.25, 0.3) is 11.3 Å². The molecule has 1 N–H and O–H groups in total. The number of aromatic amines is 1.